The zero-order chi connectivity index (χ0) is 14.1. The van der Waals surface area contributed by atoms with Crippen LogP contribution in [0.2, 0.25) is 0 Å². The number of phenols is 1. The largest absolute Gasteiger partial charge is 0.504 e. The molecule has 4 heteroatoms. The Balaban J connectivity index is 2.12. The number of rotatable bonds is 2. The number of methoxy groups -OCH3 is 1. The van der Waals surface area contributed by atoms with Crippen LogP contribution in [0.5, 0.6) is 11.5 Å². The molecule has 1 aliphatic heterocycles. The Morgan fingerprint density at radius 2 is 1.95 bits per heavy atom. The smallest absolute Gasteiger partial charge is 0.256 e. The maximum absolute atomic E-state index is 12.0. The van der Waals surface area contributed by atoms with Crippen LogP contribution in [0.25, 0.3) is 11.6 Å². The third kappa shape index (κ3) is 1.91. The molecule has 0 aliphatic carbocycles. The Kier molecular flexibility index (Phi) is 2.91. The zero-order valence-corrected chi connectivity index (χ0v) is 10.9. The number of fused-ring (bicyclic) bond motifs is 1. The number of carbonyl (C=O) groups excluding carboxylic acids is 1. The maximum atomic E-state index is 12.0. The molecule has 0 saturated carbocycles. The maximum Gasteiger partial charge on any atom is 0.256 e. The first kappa shape index (κ1) is 12.3. The molecule has 2 aromatic carbocycles. The minimum Gasteiger partial charge on any atom is -0.504 e. The van der Waals surface area contributed by atoms with Crippen molar-refractivity contribution < 1.29 is 14.6 Å². The van der Waals surface area contributed by atoms with Gasteiger partial charge in [0, 0.05) is 22.4 Å². The molecule has 0 fully saturated rings. The number of nitrogens with one attached hydrogen (secondary N) is 1. The molecule has 0 unspecified atom stereocenters. The Hall–Kier alpha value is -2.75. The summed E-state index contributed by atoms with van der Waals surface area (Å²) >= 11 is 0. The molecule has 1 amide bonds. The number of anilines is 1. The molecule has 0 spiro atoms. The highest BCUT2D eigenvalue weighted by Crippen LogP contribution is 2.36. The van der Waals surface area contributed by atoms with Crippen LogP contribution in [0.4, 0.5) is 5.69 Å². The second kappa shape index (κ2) is 4.74. The molecule has 0 saturated heterocycles. The van der Waals surface area contributed by atoms with Crippen LogP contribution in [-0.4, -0.2) is 18.1 Å². The van der Waals surface area contributed by atoms with Crippen LogP contribution in [0, 0.1) is 0 Å². The van der Waals surface area contributed by atoms with Crippen molar-refractivity contribution in [1.82, 2.24) is 0 Å². The molecule has 0 aromatic heterocycles. The number of amides is 1. The third-order valence-corrected chi connectivity index (χ3v) is 3.26. The van der Waals surface area contributed by atoms with Gasteiger partial charge in [-0.2, -0.15) is 0 Å². The van der Waals surface area contributed by atoms with Gasteiger partial charge in [-0.25, -0.2) is 0 Å². The molecule has 0 radical (unpaired) electrons. The third-order valence-electron chi connectivity index (χ3n) is 3.26. The normalized spacial score (nSPS) is 15.1. The Morgan fingerprint density at radius 3 is 2.75 bits per heavy atom. The SMILES string of the molecule is COc1cccc(/C=C2/C(=O)Nc3ccccc32)c1O. The summed E-state index contributed by atoms with van der Waals surface area (Å²) in [5, 5.41) is 12.9. The number of ether oxygens (including phenoxy) is 1. The van der Waals surface area contributed by atoms with Gasteiger partial charge in [0.1, 0.15) is 0 Å². The molecule has 2 aromatic rings. The summed E-state index contributed by atoms with van der Waals surface area (Å²) in [7, 11) is 1.49. The number of carbonyl (C=O) groups is 1. The number of para-hydroxylation sites is 2. The van der Waals surface area contributed by atoms with E-state index in [4.69, 9.17) is 4.74 Å². The predicted molar refractivity (Wildman–Crippen MR) is 77.6 cm³/mol. The van der Waals surface area contributed by atoms with E-state index >= 15 is 0 Å². The average Bonchev–Trinajstić information content (AvgIpc) is 2.77. The molecule has 100 valence electrons. The van der Waals surface area contributed by atoms with Crippen molar-refractivity contribution in [1.29, 1.82) is 0 Å². The number of hydrogen-bond acceptors (Lipinski definition) is 3. The van der Waals surface area contributed by atoms with Gasteiger partial charge in [0.05, 0.1) is 7.11 Å². The van der Waals surface area contributed by atoms with E-state index in [9.17, 15) is 9.90 Å². The van der Waals surface area contributed by atoms with Gasteiger partial charge in [-0.15, -0.1) is 0 Å². The van der Waals surface area contributed by atoms with Crippen LogP contribution in [-0.2, 0) is 4.79 Å². The molecule has 20 heavy (non-hydrogen) atoms. The first-order valence-corrected chi connectivity index (χ1v) is 6.19. The lowest BCUT2D eigenvalue weighted by molar-refractivity contribution is -0.110. The summed E-state index contributed by atoms with van der Waals surface area (Å²) in [5.41, 5.74) is 2.70. The standard InChI is InChI=1S/C16H13NO3/c1-20-14-8-4-5-10(15(14)18)9-12-11-6-2-3-7-13(11)17-16(12)19/h2-9,18H,1H3,(H,17,19)/b12-9+. The van der Waals surface area contributed by atoms with Crippen LogP contribution >= 0.6 is 0 Å². The van der Waals surface area contributed by atoms with Crippen molar-refractivity contribution in [2.75, 3.05) is 12.4 Å². The lowest BCUT2D eigenvalue weighted by Crippen LogP contribution is -2.03. The number of aromatic hydroxyl groups is 1. The topological polar surface area (TPSA) is 58.6 Å². The summed E-state index contributed by atoms with van der Waals surface area (Å²) in [4.78, 5) is 12.0. The summed E-state index contributed by atoms with van der Waals surface area (Å²) < 4.78 is 5.07. The van der Waals surface area contributed by atoms with Gasteiger partial charge in [-0.1, -0.05) is 30.3 Å². The predicted octanol–water partition coefficient (Wildman–Crippen LogP) is 2.89. The van der Waals surface area contributed by atoms with Gasteiger partial charge in [0.2, 0.25) is 0 Å². The zero-order valence-electron chi connectivity index (χ0n) is 10.9. The Labute approximate surface area is 116 Å². The van der Waals surface area contributed by atoms with Crippen LogP contribution < -0.4 is 10.1 Å². The van der Waals surface area contributed by atoms with Gasteiger partial charge >= 0.3 is 0 Å². The second-order valence-electron chi connectivity index (χ2n) is 4.46. The summed E-state index contributed by atoms with van der Waals surface area (Å²) in [5.74, 6) is 0.235. The average molecular weight is 267 g/mol. The quantitative estimate of drug-likeness (QED) is 0.822. The Morgan fingerprint density at radius 1 is 1.15 bits per heavy atom. The molecule has 1 heterocycles. The van der Waals surface area contributed by atoms with E-state index in [-0.39, 0.29) is 11.7 Å². The second-order valence-corrected chi connectivity index (χ2v) is 4.46. The van der Waals surface area contributed by atoms with Crippen molar-refractivity contribution in [3.63, 3.8) is 0 Å². The molecule has 4 nitrogen and oxygen atoms in total. The van der Waals surface area contributed by atoms with Crippen molar-refractivity contribution in [2.24, 2.45) is 0 Å². The lowest BCUT2D eigenvalue weighted by Gasteiger charge is -2.06. The number of hydrogen-bond donors (Lipinski definition) is 2. The highest BCUT2D eigenvalue weighted by molar-refractivity contribution is 6.35. The number of phenolic OH excluding ortho intramolecular Hbond substituents is 1. The molecular weight excluding hydrogens is 254 g/mol. The minimum absolute atomic E-state index is 0.0275. The molecule has 0 atom stereocenters. The fourth-order valence-electron chi connectivity index (χ4n) is 2.26. The molecule has 3 rings (SSSR count). The van der Waals surface area contributed by atoms with E-state index in [0.29, 0.717) is 16.9 Å². The fraction of sp³-hybridized carbons (Fsp3) is 0.0625. The highest BCUT2D eigenvalue weighted by atomic mass is 16.5. The summed E-state index contributed by atoms with van der Waals surface area (Å²) in [6.07, 6.45) is 1.67. The summed E-state index contributed by atoms with van der Waals surface area (Å²) in [6, 6.07) is 12.6. The molecule has 1 aliphatic rings. The molecule has 0 bridgehead atoms. The lowest BCUT2D eigenvalue weighted by atomic mass is 10.0. The van der Waals surface area contributed by atoms with Gasteiger partial charge in [0.25, 0.3) is 5.91 Å². The van der Waals surface area contributed by atoms with E-state index in [2.05, 4.69) is 5.32 Å². The van der Waals surface area contributed by atoms with E-state index in [0.717, 1.165) is 11.3 Å². The monoisotopic (exact) mass is 267 g/mol. The van der Waals surface area contributed by atoms with E-state index in [1.807, 2.05) is 24.3 Å². The van der Waals surface area contributed by atoms with E-state index < -0.39 is 0 Å². The van der Waals surface area contributed by atoms with E-state index in [1.165, 1.54) is 7.11 Å². The van der Waals surface area contributed by atoms with Gasteiger partial charge in [-0.3, -0.25) is 4.79 Å². The van der Waals surface area contributed by atoms with Gasteiger partial charge < -0.3 is 15.2 Å². The highest BCUT2D eigenvalue weighted by Gasteiger charge is 2.23. The number of benzene rings is 2. The fourth-order valence-corrected chi connectivity index (χ4v) is 2.26. The summed E-state index contributed by atoms with van der Waals surface area (Å²) in [6.45, 7) is 0. The van der Waals surface area contributed by atoms with E-state index in [1.54, 1.807) is 24.3 Å². The molecular formula is C16H13NO3. The Bertz CT molecular complexity index is 719. The van der Waals surface area contributed by atoms with Gasteiger partial charge in [0.15, 0.2) is 11.5 Å². The van der Waals surface area contributed by atoms with Gasteiger partial charge in [-0.05, 0) is 18.2 Å². The molecule has 2 N–H and O–H groups in total. The van der Waals surface area contributed by atoms with Crippen molar-refractivity contribution in [3.8, 4) is 11.5 Å². The van der Waals surface area contributed by atoms with Crippen molar-refractivity contribution in [2.45, 2.75) is 0 Å². The first-order chi connectivity index (χ1) is 9.70. The minimum atomic E-state index is -0.173. The first-order valence-electron chi connectivity index (χ1n) is 6.19. The van der Waals surface area contributed by atoms with Crippen molar-refractivity contribution in [3.05, 3.63) is 53.6 Å². The van der Waals surface area contributed by atoms with Crippen LogP contribution in [0.3, 0.4) is 0 Å². The van der Waals surface area contributed by atoms with Crippen LogP contribution in [0.1, 0.15) is 11.1 Å². The van der Waals surface area contributed by atoms with Crippen LogP contribution in [0.15, 0.2) is 42.5 Å². The van der Waals surface area contributed by atoms with Crippen molar-refractivity contribution >= 4 is 23.2 Å².